The Morgan fingerprint density at radius 3 is 1.89 bits per heavy atom. The summed E-state index contributed by atoms with van der Waals surface area (Å²) in [6.07, 6.45) is 0.862. The van der Waals surface area contributed by atoms with Crippen molar-refractivity contribution in [2.45, 2.75) is 6.42 Å². The summed E-state index contributed by atoms with van der Waals surface area (Å²) < 4.78 is 19.3. The van der Waals surface area contributed by atoms with Gasteiger partial charge in [0, 0.05) is 11.0 Å². The Bertz CT molecular complexity index is 79.9. The van der Waals surface area contributed by atoms with Crippen molar-refractivity contribution in [3.63, 3.8) is 0 Å². The van der Waals surface area contributed by atoms with E-state index in [2.05, 4.69) is 9.05 Å². The molecule has 0 aromatic rings. The van der Waals surface area contributed by atoms with Crippen molar-refractivity contribution in [2.24, 2.45) is 0 Å². The Balaban J connectivity index is 0. The molecule has 1 fully saturated rings. The molecular weight excluding hydrogens is 166 g/mol. The van der Waals surface area contributed by atoms with Crippen LogP contribution in [0.1, 0.15) is 6.42 Å². The minimum absolute atomic E-state index is 0. The Kier molecular flexibility index (Phi) is 11.4. The van der Waals surface area contributed by atoms with Crippen LogP contribution in [0.15, 0.2) is 0 Å². The third-order valence-electron chi connectivity index (χ3n) is 0.682. The predicted molar refractivity (Wildman–Crippen MR) is 30.5 cm³/mol. The van der Waals surface area contributed by atoms with Gasteiger partial charge in [-0.15, -0.1) is 9.05 Å². The van der Waals surface area contributed by atoms with Crippen LogP contribution in [0.25, 0.3) is 0 Å². The molecular formula is C4H9KO3P+. The maximum Gasteiger partial charge on any atom is 1.00 e. The van der Waals surface area contributed by atoms with E-state index >= 15 is 0 Å². The molecule has 1 saturated heterocycles. The molecule has 1 rings (SSSR count). The van der Waals surface area contributed by atoms with Crippen molar-refractivity contribution < 1.29 is 65.0 Å². The Hall–Kier alpha value is 1.66. The van der Waals surface area contributed by atoms with Crippen molar-refractivity contribution in [2.75, 3.05) is 13.2 Å². The zero-order valence-electron chi connectivity index (χ0n) is 5.79. The largest absolute Gasteiger partial charge is 1.00 e. The summed E-state index contributed by atoms with van der Waals surface area (Å²) in [6.45, 7) is 1.16. The van der Waals surface area contributed by atoms with Crippen LogP contribution >= 0.6 is 8.25 Å². The summed E-state index contributed by atoms with van der Waals surface area (Å²) >= 11 is 0. The summed E-state index contributed by atoms with van der Waals surface area (Å²) in [7, 11) is -1.74. The van der Waals surface area contributed by atoms with E-state index in [1.54, 1.807) is 0 Å². The van der Waals surface area contributed by atoms with Gasteiger partial charge in [-0.3, -0.25) is 0 Å². The summed E-state index contributed by atoms with van der Waals surface area (Å²) in [6, 6.07) is 0. The Labute approximate surface area is 98.9 Å². The van der Waals surface area contributed by atoms with Crippen molar-refractivity contribution >= 4 is 8.25 Å². The molecule has 0 unspecified atom stereocenters. The molecule has 0 atom stereocenters. The molecule has 0 amide bonds. The van der Waals surface area contributed by atoms with Crippen molar-refractivity contribution in [1.29, 1.82) is 0 Å². The van der Waals surface area contributed by atoms with Crippen LogP contribution in [0.4, 0.5) is 0 Å². The van der Waals surface area contributed by atoms with Gasteiger partial charge in [0.15, 0.2) is 0 Å². The molecule has 0 N–H and O–H groups in total. The van der Waals surface area contributed by atoms with E-state index in [1.807, 2.05) is 0 Å². The third kappa shape index (κ3) is 6.07. The van der Waals surface area contributed by atoms with Crippen LogP contribution < -0.4 is 51.4 Å². The molecule has 3 nitrogen and oxygen atoms in total. The monoisotopic (exact) mass is 175 g/mol. The molecule has 1 aliphatic heterocycles. The van der Waals surface area contributed by atoms with Gasteiger partial charge < -0.3 is 7.43 Å². The van der Waals surface area contributed by atoms with E-state index < -0.39 is 8.25 Å². The standard InChI is InChI=1S/C3H6O3P.CH3.K/c4-7-5-2-1-3-6-7;;/h1-3H2;1H3;/q+1;-1;+1. The van der Waals surface area contributed by atoms with Gasteiger partial charge in [0.25, 0.3) is 0 Å². The predicted octanol–water partition coefficient (Wildman–Crippen LogP) is -1.47. The van der Waals surface area contributed by atoms with Crippen molar-refractivity contribution in [1.82, 2.24) is 0 Å². The van der Waals surface area contributed by atoms with Gasteiger partial charge in [0.1, 0.15) is 13.2 Å². The van der Waals surface area contributed by atoms with Crippen LogP contribution in [-0.4, -0.2) is 13.2 Å². The fourth-order valence-corrected chi connectivity index (χ4v) is 1.01. The van der Waals surface area contributed by atoms with Gasteiger partial charge in [-0.2, -0.15) is 0 Å². The van der Waals surface area contributed by atoms with Gasteiger partial charge in [-0.25, -0.2) is 0 Å². The average Bonchev–Trinajstić information content (AvgIpc) is 1.69. The van der Waals surface area contributed by atoms with Crippen molar-refractivity contribution in [3.8, 4) is 0 Å². The van der Waals surface area contributed by atoms with Gasteiger partial charge >= 0.3 is 59.6 Å². The Morgan fingerprint density at radius 2 is 1.67 bits per heavy atom. The van der Waals surface area contributed by atoms with E-state index in [4.69, 9.17) is 0 Å². The number of hydrogen-bond donors (Lipinski definition) is 0. The quantitative estimate of drug-likeness (QED) is 0.256. The van der Waals surface area contributed by atoms with Gasteiger partial charge in [0.05, 0.1) is 0 Å². The summed E-state index contributed by atoms with van der Waals surface area (Å²) in [4.78, 5) is 0. The molecule has 0 saturated carbocycles. The molecule has 0 spiro atoms. The normalized spacial score (nSPS) is 17.6. The minimum atomic E-state index is -1.74. The van der Waals surface area contributed by atoms with E-state index in [1.165, 1.54) is 0 Å². The average molecular weight is 175 g/mol. The number of hydrogen-bond acceptors (Lipinski definition) is 3. The topological polar surface area (TPSA) is 35.5 Å². The van der Waals surface area contributed by atoms with E-state index in [-0.39, 0.29) is 58.8 Å². The number of rotatable bonds is 0. The van der Waals surface area contributed by atoms with Gasteiger partial charge in [-0.1, -0.05) is 0 Å². The first kappa shape index (κ1) is 13.3. The van der Waals surface area contributed by atoms with Crippen molar-refractivity contribution in [3.05, 3.63) is 7.43 Å². The molecule has 9 heavy (non-hydrogen) atoms. The van der Waals surface area contributed by atoms with Crippen LogP contribution in [0.5, 0.6) is 0 Å². The molecule has 0 bridgehead atoms. The SMILES string of the molecule is O=[P+]1OCCCO1.[CH3-].[K+]. The fraction of sp³-hybridized carbons (Fsp3) is 0.750. The fourth-order valence-electron chi connectivity index (χ4n) is 0.374. The molecule has 0 aliphatic carbocycles. The maximum atomic E-state index is 10.2. The first-order chi connectivity index (χ1) is 3.39. The smallest absolute Gasteiger partial charge is 0.358 e. The molecule has 0 aromatic heterocycles. The first-order valence-electron chi connectivity index (χ1n) is 2.13. The minimum Gasteiger partial charge on any atom is -0.358 e. The van der Waals surface area contributed by atoms with Crippen LogP contribution in [-0.2, 0) is 13.6 Å². The van der Waals surface area contributed by atoms with E-state index in [0.29, 0.717) is 13.2 Å². The first-order valence-corrected chi connectivity index (χ1v) is 3.22. The second-order valence-electron chi connectivity index (χ2n) is 1.24. The zero-order chi connectivity index (χ0) is 5.11. The Morgan fingerprint density at radius 1 is 1.22 bits per heavy atom. The van der Waals surface area contributed by atoms with Crippen LogP contribution in [0, 0.1) is 7.43 Å². The van der Waals surface area contributed by atoms with Crippen LogP contribution in [0.3, 0.4) is 0 Å². The molecule has 0 aromatic carbocycles. The summed E-state index contributed by atoms with van der Waals surface area (Å²) in [5.74, 6) is 0. The molecule has 48 valence electrons. The third-order valence-corrected chi connectivity index (χ3v) is 1.47. The van der Waals surface area contributed by atoms with Gasteiger partial charge in [-0.05, 0) is 0 Å². The molecule has 0 radical (unpaired) electrons. The second-order valence-corrected chi connectivity index (χ2v) is 2.21. The van der Waals surface area contributed by atoms with E-state index in [9.17, 15) is 4.57 Å². The zero-order valence-corrected chi connectivity index (χ0v) is 9.81. The molecule has 1 heterocycles. The molecule has 5 heteroatoms. The van der Waals surface area contributed by atoms with Gasteiger partial charge in [0.2, 0.25) is 0 Å². The van der Waals surface area contributed by atoms with E-state index in [0.717, 1.165) is 6.42 Å². The second kappa shape index (κ2) is 7.76. The maximum absolute atomic E-state index is 10.2. The summed E-state index contributed by atoms with van der Waals surface area (Å²) in [5.41, 5.74) is 0. The van der Waals surface area contributed by atoms with Crippen LogP contribution in [0.2, 0.25) is 0 Å². The molecule has 1 aliphatic rings. The summed E-state index contributed by atoms with van der Waals surface area (Å²) in [5, 5.41) is 0.